The van der Waals surface area contributed by atoms with Gasteiger partial charge < -0.3 is 19.5 Å². The van der Waals surface area contributed by atoms with Gasteiger partial charge in [0.25, 0.3) is 5.91 Å². The first-order valence-corrected chi connectivity index (χ1v) is 10.6. The molecule has 2 aromatic carbocycles. The van der Waals surface area contributed by atoms with Crippen LogP contribution in [0.15, 0.2) is 41.3 Å². The number of piperazine rings is 1. The number of carbonyl (C=O) groups is 1. The number of benzene rings is 2. The third kappa shape index (κ3) is 4.26. The Balaban J connectivity index is 1.71. The molecule has 10 heteroatoms. The standard InChI is InChI=1S/C19H21ClN2O6S/c1-27-14-3-5-15(6-4-14)29(25,26)22-9-7-21(8-10-22)19(24)13-11-16(20)18(23)17(12-13)28-2/h3-6,11-12,23H,7-10H2,1-2H3. The lowest BCUT2D eigenvalue weighted by Gasteiger charge is -2.34. The number of sulfonamides is 1. The second kappa shape index (κ2) is 8.48. The molecule has 29 heavy (non-hydrogen) atoms. The van der Waals surface area contributed by atoms with Crippen molar-refractivity contribution in [3.8, 4) is 17.2 Å². The van der Waals surface area contributed by atoms with Crippen molar-refractivity contribution in [1.82, 2.24) is 9.21 Å². The summed E-state index contributed by atoms with van der Waals surface area (Å²) >= 11 is 5.96. The molecule has 0 bridgehead atoms. The summed E-state index contributed by atoms with van der Waals surface area (Å²) in [5.74, 6) is 0.122. The molecule has 0 radical (unpaired) electrons. The van der Waals surface area contributed by atoms with Gasteiger partial charge in [-0.1, -0.05) is 11.6 Å². The van der Waals surface area contributed by atoms with Gasteiger partial charge in [0.1, 0.15) is 5.75 Å². The van der Waals surface area contributed by atoms with E-state index >= 15 is 0 Å². The van der Waals surface area contributed by atoms with Crippen LogP contribution >= 0.6 is 11.6 Å². The van der Waals surface area contributed by atoms with E-state index in [1.54, 1.807) is 17.0 Å². The molecule has 156 valence electrons. The van der Waals surface area contributed by atoms with Crippen LogP contribution in [0, 0.1) is 0 Å². The van der Waals surface area contributed by atoms with E-state index in [0.29, 0.717) is 5.75 Å². The average molecular weight is 441 g/mol. The summed E-state index contributed by atoms with van der Waals surface area (Å²) in [5.41, 5.74) is 0.260. The Hall–Kier alpha value is -2.49. The topological polar surface area (TPSA) is 96.4 Å². The zero-order valence-corrected chi connectivity index (χ0v) is 17.5. The summed E-state index contributed by atoms with van der Waals surface area (Å²) in [6.07, 6.45) is 0. The van der Waals surface area contributed by atoms with E-state index in [-0.39, 0.29) is 59.1 Å². The lowest BCUT2D eigenvalue weighted by atomic mass is 10.1. The Morgan fingerprint density at radius 2 is 1.66 bits per heavy atom. The minimum absolute atomic E-state index is 0.00780. The summed E-state index contributed by atoms with van der Waals surface area (Å²) in [4.78, 5) is 14.5. The lowest BCUT2D eigenvalue weighted by molar-refractivity contribution is 0.0697. The van der Waals surface area contributed by atoms with Crippen molar-refractivity contribution >= 4 is 27.5 Å². The van der Waals surface area contributed by atoms with E-state index < -0.39 is 10.0 Å². The van der Waals surface area contributed by atoms with E-state index in [2.05, 4.69) is 0 Å². The molecule has 0 atom stereocenters. The van der Waals surface area contributed by atoms with Crippen molar-refractivity contribution in [1.29, 1.82) is 0 Å². The van der Waals surface area contributed by atoms with Crippen molar-refractivity contribution in [2.75, 3.05) is 40.4 Å². The van der Waals surface area contributed by atoms with Crippen molar-refractivity contribution in [2.45, 2.75) is 4.90 Å². The molecule has 8 nitrogen and oxygen atoms in total. The molecule has 0 unspecified atom stereocenters. The number of carbonyl (C=O) groups excluding carboxylic acids is 1. The average Bonchev–Trinajstić information content (AvgIpc) is 2.75. The molecule has 0 aliphatic carbocycles. The summed E-state index contributed by atoms with van der Waals surface area (Å²) < 4.78 is 37.1. The maximum Gasteiger partial charge on any atom is 0.254 e. The Morgan fingerprint density at radius 1 is 1.03 bits per heavy atom. The molecular weight excluding hydrogens is 420 g/mol. The highest BCUT2D eigenvalue weighted by Crippen LogP contribution is 2.35. The Kier molecular flexibility index (Phi) is 6.21. The van der Waals surface area contributed by atoms with Crippen molar-refractivity contribution in [3.63, 3.8) is 0 Å². The molecular formula is C19H21ClN2O6S. The fraction of sp³-hybridized carbons (Fsp3) is 0.316. The predicted molar refractivity (Wildman–Crippen MR) is 107 cm³/mol. The van der Waals surface area contributed by atoms with Crippen LogP contribution in [0.1, 0.15) is 10.4 Å². The number of phenols is 1. The minimum Gasteiger partial charge on any atom is -0.503 e. The van der Waals surface area contributed by atoms with Crippen LogP contribution in [0.2, 0.25) is 5.02 Å². The summed E-state index contributed by atoms with van der Waals surface area (Å²) in [6.45, 7) is 0.802. The number of ether oxygens (including phenoxy) is 2. The van der Waals surface area contributed by atoms with Crippen molar-refractivity contribution < 1.29 is 27.8 Å². The van der Waals surface area contributed by atoms with Crippen LogP contribution in [0.4, 0.5) is 0 Å². The molecule has 1 heterocycles. The smallest absolute Gasteiger partial charge is 0.254 e. The molecule has 1 N–H and O–H groups in total. The summed E-state index contributed by atoms with van der Waals surface area (Å²) in [6, 6.07) is 8.95. The van der Waals surface area contributed by atoms with Crippen LogP contribution in [-0.4, -0.2) is 69.0 Å². The Morgan fingerprint density at radius 3 is 2.21 bits per heavy atom. The van der Waals surface area contributed by atoms with Gasteiger partial charge in [0.2, 0.25) is 10.0 Å². The number of methoxy groups -OCH3 is 2. The van der Waals surface area contributed by atoms with Gasteiger partial charge in [-0.3, -0.25) is 4.79 Å². The Bertz CT molecular complexity index is 1000. The maximum atomic E-state index is 12.8. The molecule has 0 aromatic heterocycles. The number of halogens is 1. The Labute approximate surface area is 174 Å². The monoisotopic (exact) mass is 440 g/mol. The normalized spacial score (nSPS) is 15.2. The lowest BCUT2D eigenvalue weighted by Crippen LogP contribution is -2.50. The van der Waals surface area contributed by atoms with Gasteiger partial charge in [-0.25, -0.2) is 8.42 Å². The largest absolute Gasteiger partial charge is 0.503 e. The fourth-order valence-corrected chi connectivity index (χ4v) is 4.70. The van der Waals surface area contributed by atoms with Gasteiger partial charge in [0.15, 0.2) is 11.5 Å². The van der Waals surface area contributed by atoms with Gasteiger partial charge in [-0.15, -0.1) is 0 Å². The number of phenolic OH excluding ortho intramolecular Hbond substituents is 1. The molecule has 1 amide bonds. The molecule has 0 saturated carbocycles. The van der Waals surface area contributed by atoms with E-state index in [1.807, 2.05) is 0 Å². The van der Waals surface area contributed by atoms with Crippen molar-refractivity contribution in [3.05, 3.63) is 47.0 Å². The highest BCUT2D eigenvalue weighted by atomic mass is 35.5. The van der Waals surface area contributed by atoms with Gasteiger partial charge in [-0.2, -0.15) is 4.31 Å². The fourth-order valence-electron chi connectivity index (χ4n) is 3.06. The van der Waals surface area contributed by atoms with Crippen LogP contribution in [0.3, 0.4) is 0 Å². The molecule has 2 aromatic rings. The molecule has 1 aliphatic heterocycles. The van der Waals surface area contributed by atoms with E-state index in [9.17, 15) is 18.3 Å². The van der Waals surface area contributed by atoms with E-state index in [1.165, 1.54) is 42.8 Å². The van der Waals surface area contributed by atoms with Gasteiger partial charge in [0, 0.05) is 31.7 Å². The zero-order valence-electron chi connectivity index (χ0n) is 16.0. The summed E-state index contributed by atoms with van der Waals surface area (Å²) in [7, 11) is -0.784. The molecule has 1 fully saturated rings. The third-order valence-corrected chi connectivity index (χ3v) is 6.92. The first-order valence-electron chi connectivity index (χ1n) is 8.78. The van der Waals surface area contributed by atoms with Crippen LogP contribution in [0.25, 0.3) is 0 Å². The van der Waals surface area contributed by atoms with E-state index in [0.717, 1.165) is 0 Å². The quantitative estimate of drug-likeness (QED) is 0.765. The molecule has 3 rings (SSSR count). The van der Waals surface area contributed by atoms with E-state index in [4.69, 9.17) is 21.1 Å². The summed E-state index contributed by atoms with van der Waals surface area (Å²) in [5, 5.41) is 9.82. The zero-order chi connectivity index (χ0) is 21.2. The number of rotatable bonds is 5. The highest BCUT2D eigenvalue weighted by Gasteiger charge is 2.31. The SMILES string of the molecule is COc1ccc(S(=O)(=O)N2CCN(C(=O)c3cc(Cl)c(O)c(OC)c3)CC2)cc1. The van der Waals surface area contributed by atoms with Crippen LogP contribution < -0.4 is 9.47 Å². The highest BCUT2D eigenvalue weighted by molar-refractivity contribution is 7.89. The predicted octanol–water partition coefficient (Wildman–Crippen LogP) is 2.21. The number of nitrogens with zero attached hydrogens (tertiary/aromatic N) is 2. The van der Waals surface area contributed by atoms with Crippen LogP contribution in [-0.2, 0) is 10.0 Å². The molecule has 1 saturated heterocycles. The number of amides is 1. The molecule has 1 aliphatic rings. The molecule has 0 spiro atoms. The van der Waals surface area contributed by atoms with Gasteiger partial charge >= 0.3 is 0 Å². The second-order valence-corrected chi connectivity index (χ2v) is 8.73. The van der Waals surface area contributed by atoms with Crippen molar-refractivity contribution in [2.24, 2.45) is 0 Å². The second-order valence-electron chi connectivity index (χ2n) is 6.38. The van der Waals surface area contributed by atoms with Gasteiger partial charge in [0.05, 0.1) is 24.1 Å². The van der Waals surface area contributed by atoms with Crippen LogP contribution in [0.5, 0.6) is 17.2 Å². The minimum atomic E-state index is -3.66. The first kappa shape index (κ1) is 21.2. The first-order chi connectivity index (χ1) is 13.8. The third-order valence-electron chi connectivity index (χ3n) is 4.72. The number of hydrogen-bond donors (Lipinski definition) is 1. The van der Waals surface area contributed by atoms with Gasteiger partial charge in [-0.05, 0) is 36.4 Å². The number of hydrogen-bond acceptors (Lipinski definition) is 6. The maximum absolute atomic E-state index is 12.8. The number of aromatic hydroxyl groups is 1.